The number of nitrogens with two attached hydrogens (primary N) is 1. The molecule has 18 heavy (non-hydrogen) atoms. The smallest absolute Gasteiger partial charge is 0.0523 e. The molecule has 0 spiro atoms. The fraction of sp³-hybridized carbons (Fsp3) is 0.625. The van der Waals surface area contributed by atoms with Crippen molar-refractivity contribution in [2.24, 2.45) is 11.7 Å². The minimum Gasteiger partial charge on any atom is -0.378 e. The molecule has 0 amide bonds. The van der Waals surface area contributed by atoms with E-state index in [1.54, 1.807) is 0 Å². The second-order valence-corrected chi connectivity index (χ2v) is 5.71. The molecule has 1 aliphatic carbocycles. The van der Waals surface area contributed by atoms with Gasteiger partial charge in [-0.3, -0.25) is 0 Å². The van der Waals surface area contributed by atoms with Gasteiger partial charge in [0, 0.05) is 12.2 Å². The average Bonchev–Trinajstić information content (AvgIpc) is 2.39. The average molecular weight is 246 g/mol. The van der Waals surface area contributed by atoms with Crippen molar-refractivity contribution in [3.63, 3.8) is 0 Å². The summed E-state index contributed by atoms with van der Waals surface area (Å²) >= 11 is 0. The van der Waals surface area contributed by atoms with E-state index in [1.807, 2.05) is 0 Å². The lowest BCUT2D eigenvalue weighted by molar-refractivity contribution is 0.212. The molecule has 0 aliphatic heterocycles. The molecule has 1 aromatic rings. The van der Waals surface area contributed by atoms with E-state index in [4.69, 9.17) is 5.73 Å². The number of hydrogen-bond donors (Lipinski definition) is 2. The highest BCUT2D eigenvalue weighted by molar-refractivity contribution is 5.48. The second-order valence-electron chi connectivity index (χ2n) is 5.71. The monoisotopic (exact) mass is 246 g/mol. The summed E-state index contributed by atoms with van der Waals surface area (Å²) in [4.78, 5) is 0. The lowest BCUT2D eigenvalue weighted by atomic mass is 9.71. The van der Waals surface area contributed by atoms with Gasteiger partial charge in [-0.1, -0.05) is 38.3 Å². The van der Waals surface area contributed by atoms with Crippen LogP contribution < -0.4 is 11.1 Å². The molecule has 0 heterocycles. The van der Waals surface area contributed by atoms with Crippen LogP contribution in [0.15, 0.2) is 24.3 Å². The van der Waals surface area contributed by atoms with Crippen LogP contribution in [-0.4, -0.2) is 12.1 Å². The molecule has 1 fully saturated rings. The van der Waals surface area contributed by atoms with Gasteiger partial charge in [0.25, 0.3) is 0 Å². The summed E-state index contributed by atoms with van der Waals surface area (Å²) in [6.45, 7) is 5.16. The number of aryl methyl sites for hydroxylation is 1. The molecule has 3 N–H and O–H groups in total. The quantitative estimate of drug-likeness (QED) is 0.850. The van der Waals surface area contributed by atoms with Gasteiger partial charge >= 0.3 is 0 Å². The van der Waals surface area contributed by atoms with Gasteiger partial charge in [0.1, 0.15) is 0 Å². The summed E-state index contributed by atoms with van der Waals surface area (Å²) in [5.74, 6) is 0.705. The normalized spacial score (nSPS) is 28.1. The highest BCUT2D eigenvalue weighted by Crippen LogP contribution is 2.37. The fourth-order valence-electron chi connectivity index (χ4n) is 3.40. The summed E-state index contributed by atoms with van der Waals surface area (Å²) in [7, 11) is 0. The van der Waals surface area contributed by atoms with Crippen LogP contribution in [0.25, 0.3) is 0 Å². The third-order valence-electron chi connectivity index (χ3n) is 4.48. The molecule has 1 aliphatic rings. The predicted octanol–water partition coefficient (Wildman–Crippen LogP) is 3.70. The van der Waals surface area contributed by atoms with Crippen LogP contribution in [0.4, 0.5) is 5.69 Å². The molecule has 2 rings (SSSR count). The first-order valence-electron chi connectivity index (χ1n) is 7.25. The number of nitrogens with one attached hydrogen (secondary N) is 1. The van der Waals surface area contributed by atoms with Crippen LogP contribution in [0.2, 0.25) is 0 Å². The van der Waals surface area contributed by atoms with E-state index in [2.05, 4.69) is 43.4 Å². The van der Waals surface area contributed by atoms with Crippen molar-refractivity contribution in [1.29, 1.82) is 0 Å². The molecule has 100 valence electrons. The third-order valence-corrected chi connectivity index (χ3v) is 4.48. The van der Waals surface area contributed by atoms with Crippen LogP contribution in [0.3, 0.4) is 0 Å². The Balaban J connectivity index is 2.21. The Kier molecular flexibility index (Phi) is 4.28. The van der Waals surface area contributed by atoms with Crippen LogP contribution in [0.5, 0.6) is 0 Å². The van der Waals surface area contributed by atoms with E-state index in [9.17, 15) is 0 Å². The predicted molar refractivity (Wildman–Crippen MR) is 78.8 cm³/mol. The third kappa shape index (κ3) is 2.69. The number of benzene rings is 1. The standard InChI is InChI=1S/C16H26N2/c1-3-14-8-4-5-10-16(14,12-17)18-15-9-6-7-13(2)11-15/h6-7,9,11,14,18H,3-5,8,10,12,17H2,1-2H3. The first-order valence-corrected chi connectivity index (χ1v) is 7.25. The molecule has 0 saturated heterocycles. The van der Waals surface area contributed by atoms with Crippen molar-refractivity contribution in [2.45, 2.75) is 51.5 Å². The Labute approximate surface area is 111 Å². The number of anilines is 1. The van der Waals surface area contributed by atoms with Crippen molar-refractivity contribution in [3.05, 3.63) is 29.8 Å². The fourth-order valence-corrected chi connectivity index (χ4v) is 3.40. The lowest BCUT2D eigenvalue weighted by Gasteiger charge is -2.45. The summed E-state index contributed by atoms with van der Waals surface area (Å²) in [5, 5.41) is 3.76. The summed E-state index contributed by atoms with van der Waals surface area (Å²) in [6.07, 6.45) is 6.39. The first kappa shape index (κ1) is 13.4. The maximum absolute atomic E-state index is 6.13. The van der Waals surface area contributed by atoms with Gasteiger partial charge in [-0.15, -0.1) is 0 Å². The van der Waals surface area contributed by atoms with Gasteiger partial charge in [0.05, 0.1) is 5.54 Å². The molecule has 0 bridgehead atoms. The van der Waals surface area contributed by atoms with Crippen LogP contribution in [0.1, 0.15) is 44.6 Å². The molecule has 2 nitrogen and oxygen atoms in total. The zero-order chi connectivity index (χ0) is 13.0. The largest absolute Gasteiger partial charge is 0.378 e. The Morgan fingerprint density at radius 2 is 2.22 bits per heavy atom. The number of hydrogen-bond acceptors (Lipinski definition) is 2. The summed E-state index contributed by atoms with van der Waals surface area (Å²) in [6, 6.07) is 8.63. The summed E-state index contributed by atoms with van der Waals surface area (Å²) in [5.41, 5.74) is 8.76. The van der Waals surface area contributed by atoms with Gasteiger partial charge in [-0.05, 0) is 43.4 Å². The van der Waals surface area contributed by atoms with Crippen LogP contribution in [-0.2, 0) is 0 Å². The van der Waals surface area contributed by atoms with Crippen molar-refractivity contribution < 1.29 is 0 Å². The Hall–Kier alpha value is -1.02. The molecule has 2 atom stereocenters. The zero-order valence-corrected chi connectivity index (χ0v) is 11.7. The van der Waals surface area contributed by atoms with Gasteiger partial charge in [-0.25, -0.2) is 0 Å². The lowest BCUT2D eigenvalue weighted by Crippen LogP contribution is -2.53. The number of rotatable bonds is 4. The van der Waals surface area contributed by atoms with Crippen molar-refractivity contribution in [2.75, 3.05) is 11.9 Å². The van der Waals surface area contributed by atoms with Crippen LogP contribution >= 0.6 is 0 Å². The zero-order valence-electron chi connectivity index (χ0n) is 11.7. The minimum absolute atomic E-state index is 0.112. The highest BCUT2D eigenvalue weighted by atomic mass is 15.0. The van der Waals surface area contributed by atoms with E-state index >= 15 is 0 Å². The maximum Gasteiger partial charge on any atom is 0.0523 e. The van der Waals surface area contributed by atoms with Crippen LogP contribution in [0, 0.1) is 12.8 Å². The Morgan fingerprint density at radius 1 is 1.39 bits per heavy atom. The van der Waals surface area contributed by atoms with Crippen molar-refractivity contribution >= 4 is 5.69 Å². The molecule has 0 aromatic heterocycles. The molecule has 1 saturated carbocycles. The van der Waals surface area contributed by atoms with E-state index in [0.29, 0.717) is 5.92 Å². The molecule has 1 aromatic carbocycles. The summed E-state index contributed by atoms with van der Waals surface area (Å²) < 4.78 is 0. The van der Waals surface area contributed by atoms with Crippen molar-refractivity contribution in [3.8, 4) is 0 Å². The van der Waals surface area contributed by atoms with Gasteiger partial charge in [-0.2, -0.15) is 0 Å². The Morgan fingerprint density at radius 3 is 2.89 bits per heavy atom. The maximum atomic E-state index is 6.13. The molecule has 0 radical (unpaired) electrons. The Bertz CT molecular complexity index is 388. The van der Waals surface area contributed by atoms with Crippen molar-refractivity contribution in [1.82, 2.24) is 0 Å². The van der Waals surface area contributed by atoms with Gasteiger partial charge in [0.2, 0.25) is 0 Å². The SMILES string of the molecule is CCC1CCCCC1(CN)Nc1cccc(C)c1. The minimum atomic E-state index is 0.112. The second kappa shape index (κ2) is 5.75. The molecular weight excluding hydrogens is 220 g/mol. The molecular formula is C16H26N2. The molecule has 2 unspecified atom stereocenters. The first-order chi connectivity index (χ1) is 8.70. The van der Waals surface area contributed by atoms with Gasteiger partial charge < -0.3 is 11.1 Å². The van der Waals surface area contributed by atoms with E-state index < -0.39 is 0 Å². The van der Waals surface area contributed by atoms with E-state index in [1.165, 1.54) is 43.4 Å². The van der Waals surface area contributed by atoms with E-state index in [-0.39, 0.29) is 5.54 Å². The molecule has 2 heteroatoms. The van der Waals surface area contributed by atoms with E-state index in [0.717, 1.165) is 6.54 Å². The topological polar surface area (TPSA) is 38.0 Å². The van der Waals surface area contributed by atoms with Gasteiger partial charge in [0.15, 0.2) is 0 Å². The highest BCUT2D eigenvalue weighted by Gasteiger charge is 2.38.